The number of nitrogens with one attached hydrogen (secondary N) is 1. The van der Waals surface area contributed by atoms with Gasteiger partial charge in [-0.1, -0.05) is 17.7 Å². The molecule has 18 heavy (non-hydrogen) atoms. The van der Waals surface area contributed by atoms with Crippen LogP contribution >= 0.6 is 22.9 Å². The standard InChI is InChI=1S/C14H13ClFNS/c15-11-8-10(16)5-6-12(11)17-14(9-3-4-9)13-2-1-7-18-13/h1-2,5-9,14,17H,3-4H2. The van der Waals surface area contributed by atoms with E-state index in [4.69, 9.17) is 11.6 Å². The predicted molar refractivity (Wildman–Crippen MR) is 74.8 cm³/mol. The Balaban J connectivity index is 1.84. The monoisotopic (exact) mass is 281 g/mol. The first-order chi connectivity index (χ1) is 8.74. The molecule has 1 heterocycles. The molecule has 2 aromatic rings. The number of thiophene rings is 1. The van der Waals surface area contributed by atoms with Crippen LogP contribution in [0.5, 0.6) is 0 Å². The van der Waals surface area contributed by atoms with Crippen LogP contribution in [-0.4, -0.2) is 0 Å². The topological polar surface area (TPSA) is 12.0 Å². The summed E-state index contributed by atoms with van der Waals surface area (Å²) in [4.78, 5) is 1.32. The highest BCUT2D eigenvalue weighted by atomic mass is 35.5. The van der Waals surface area contributed by atoms with Gasteiger partial charge in [-0.3, -0.25) is 0 Å². The van der Waals surface area contributed by atoms with Crippen LogP contribution in [0.15, 0.2) is 35.7 Å². The van der Waals surface area contributed by atoms with Crippen molar-refractivity contribution in [2.75, 3.05) is 5.32 Å². The minimum Gasteiger partial charge on any atom is -0.376 e. The molecule has 0 aliphatic heterocycles. The Bertz CT molecular complexity index is 537. The molecular formula is C14H13ClFNS. The van der Waals surface area contributed by atoms with E-state index >= 15 is 0 Å². The van der Waals surface area contributed by atoms with Gasteiger partial charge >= 0.3 is 0 Å². The number of hydrogen-bond acceptors (Lipinski definition) is 2. The lowest BCUT2D eigenvalue weighted by atomic mass is 10.1. The maximum atomic E-state index is 13.0. The summed E-state index contributed by atoms with van der Waals surface area (Å²) in [5.41, 5.74) is 0.809. The maximum Gasteiger partial charge on any atom is 0.124 e. The molecule has 1 saturated carbocycles. The van der Waals surface area contributed by atoms with Gasteiger partial charge < -0.3 is 5.32 Å². The van der Waals surface area contributed by atoms with E-state index in [1.54, 1.807) is 17.4 Å². The third-order valence-corrected chi connectivity index (χ3v) is 4.45. The van der Waals surface area contributed by atoms with Gasteiger partial charge in [-0.15, -0.1) is 11.3 Å². The average molecular weight is 282 g/mol. The van der Waals surface area contributed by atoms with Crippen LogP contribution in [0.25, 0.3) is 0 Å². The third-order valence-electron chi connectivity index (χ3n) is 3.19. The molecule has 1 atom stereocenters. The normalized spacial score (nSPS) is 16.6. The zero-order valence-electron chi connectivity index (χ0n) is 9.70. The first-order valence-electron chi connectivity index (χ1n) is 5.99. The molecule has 94 valence electrons. The van der Waals surface area contributed by atoms with Crippen molar-refractivity contribution < 1.29 is 4.39 Å². The van der Waals surface area contributed by atoms with Crippen LogP contribution < -0.4 is 5.32 Å². The second-order valence-corrected chi connectivity index (χ2v) is 5.99. The van der Waals surface area contributed by atoms with E-state index in [9.17, 15) is 4.39 Å². The van der Waals surface area contributed by atoms with Crippen LogP contribution in [0, 0.1) is 11.7 Å². The Kier molecular flexibility index (Phi) is 3.27. The highest BCUT2D eigenvalue weighted by Crippen LogP contribution is 2.44. The summed E-state index contributed by atoms with van der Waals surface area (Å²) in [5.74, 6) is 0.370. The number of benzene rings is 1. The third kappa shape index (κ3) is 2.52. The summed E-state index contributed by atoms with van der Waals surface area (Å²) in [5, 5.41) is 5.97. The van der Waals surface area contributed by atoms with E-state index in [0.717, 1.165) is 5.69 Å². The fourth-order valence-electron chi connectivity index (χ4n) is 2.09. The van der Waals surface area contributed by atoms with Crippen molar-refractivity contribution in [3.05, 3.63) is 51.4 Å². The minimum atomic E-state index is -0.301. The van der Waals surface area contributed by atoms with Crippen LogP contribution in [0.1, 0.15) is 23.8 Å². The van der Waals surface area contributed by atoms with Crippen molar-refractivity contribution in [1.82, 2.24) is 0 Å². The molecule has 1 aliphatic rings. The fraction of sp³-hybridized carbons (Fsp3) is 0.286. The van der Waals surface area contributed by atoms with Crippen LogP contribution in [0.3, 0.4) is 0 Å². The van der Waals surface area contributed by atoms with Gasteiger partial charge in [0.15, 0.2) is 0 Å². The van der Waals surface area contributed by atoms with E-state index in [2.05, 4.69) is 22.8 Å². The molecule has 0 saturated heterocycles. The van der Waals surface area contributed by atoms with E-state index in [1.165, 1.54) is 29.9 Å². The largest absolute Gasteiger partial charge is 0.376 e. The van der Waals surface area contributed by atoms with Gasteiger partial charge in [-0.25, -0.2) is 4.39 Å². The van der Waals surface area contributed by atoms with Gasteiger partial charge in [0, 0.05) is 4.88 Å². The van der Waals surface area contributed by atoms with Gasteiger partial charge in [0.2, 0.25) is 0 Å². The smallest absolute Gasteiger partial charge is 0.124 e. The second kappa shape index (κ2) is 4.90. The number of rotatable bonds is 4. The molecule has 1 aromatic carbocycles. The van der Waals surface area contributed by atoms with Crippen molar-refractivity contribution in [2.24, 2.45) is 5.92 Å². The number of halogens is 2. The molecule has 1 unspecified atom stereocenters. The molecule has 3 rings (SSSR count). The van der Waals surface area contributed by atoms with Crippen LogP contribution in [0.4, 0.5) is 10.1 Å². The summed E-state index contributed by atoms with van der Waals surface area (Å²) in [6.45, 7) is 0. The van der Waals surface area contributed by atoms with Crippen molar-refractivity contribution in [2.45, 2.75) is 18.9 Å². The van der Waals surface area contributed by atoms with Crippen LogP contribution in [-0.2, 0) is 0 Å². The number of hydrogen-bond donors (Lipinski definition) is 1. The fourth-order valence-corrected chi connectivity index (χ4v) is 3.18. The van der Waals surface area contributed by atoms with Gasteiger partial charge in [-0.2, -0.15) is 0 Å². The maximum absolute atomic E-state index is 13.0. The lowest BCUT2D eigenvalue weighted by molar-refractivity contribution is 0.627. The summed E-state index contributed by atoms with van der Waals surface area (Å²) in [6.07, 6.45) is 2.49. The lowest BCUT2D eigenvalue weighted by Crippen LogP contribution is -2.11. The predicted octanol–water partition coefficient (Wildman–Crippen LogP) is 5.10. The molecular weight excluding hydrogens is 269 g/mol. The first kappa shape index (κ1) is 12.0. The molecule has 1 aliphatic carbocycles. The molecule has 1 nitrogen and oxygen atoms in total. The van der Waals surface area contributed by atoms with Gasteiger partial charge in [0.05, 0.1) is 16.8 Å². The van der Waals surface area contributed by atoms with E-state index < -0.39 is 0 Å². The Morgan fingerprint density at radius 3 is 2.78 bits per heavy atom. The zero-order valence-corrected chi connectivity index (χ0v) is 11.3. The minimum absolute atomic E-state index is 0.299. The van der Waals surface area contributed by atoms with Gasteiger partial charge in [-0.05, 0) is 48.4 Å². The summed E-state index contributed by atoms with van der Waals surface area (Å²) in [6, 6.07) is 8.99. The van der Waals surface area contributed by atoms with Crippen LogP contribution in [0.2, 0.25) is 5.02 Å². The molecule has 4 heteroatoms. The summed E-state index contributed by atoms with van der Waals surface area (Å²) >= 11 is 7.81. The van der Waals surface area contributed by atoms with E-state index in [-0.39, 0.29) is 5.82 Å². The van der Waals surface area contributed by atoms with Gasteiger partial charge in [0.1, 0.15) is 5.82 Å². The SMILES string of the molecule is Fc1ccc(NC(c2cccs2)C2CC2)c(Cl)c1. The van der Waals surface area contributed by atoms with Crippen molar-refractivity contribution in [1.29, 1.82) is 0 Å². The Labute approximate surface area is 115 Å². The lowest BCUT2D eigenvalue weighted by Gasteiger charge is -2.19. The highest BCUT2D eigenvalue weighted by Gasteiger charge is 2.33. The molecule has 1 aromatic heterocycles. The molecule has 0 amide bonds. The first-order valence-corrected chi connectivity index (χ1v) is 7.25. The molecule has 0 radical (unpaired) electrons. The van der Waals surface area contributed by atoms with E-state index in [1.807, 2.05) is 0 Å². The molecule has 0 bridgehead atoms. The highest BCUT2D eigenvalue weighted by molar-refractivity contribution is 7.10. The Morgan fingerprint density at radius 1 is 1.33 bits per heavy atom. The molecule has 1 N–H and O–H groups in total. The Hall–Kier alpha value is -1.06. The average Bonchev–Trinajstić information content (AvgIpc) is 3.03. The zero-order chi connectivity index (χ0) is 12.5. The van der Waals surface area contributed by atoms with Crippen molar-refractivity contribution in [3.8, 4) is 0 Å². The summed E-state index contributed by atoms with van der Waals surface area (Å²) < 4.78 is 13.0. The van der Waals surface area contributed by atoms with Crippen molar-refractivity contribution in [3.63, 3.8) is 0 Å². The van der Waals surface area contributed by atoms with Crippen molar-refractivity contribution >= 4 is 28.6 Å². The number of anilines is 1. The second-order valence-electron chi connectivity index (χ2n) is 4.60. The summed E-state index contributed by atoms with van der Waals surface area (Å²) in [7, 11) is 0. The molecule has 1 fully saturated rings. The van der Waals surface area contributed by atoms with Gasteiger partial charge in [0.25, 0.3) is 0 Å². The quantitative estimate of drug-likeness (QED) is 0.822. The molecule has 0 spiro atoms. The van der Waals surface area contributed by atoms with E-state index in [0.29, 0.717) is 17.0 Å². The Morgan fingerprint density at radius 2 is 2.17 bits per heavy atom.